The molecule has 0 aliphatic heterocycles. The first-order valence-corrected chi connectivity index (χ1v) is 17.2. The van der Waals surface area contributed by atoms with E-state index in [1.165, 1.54) is 43.5 Å². The summed E-state index contributed by atoms with van der Waals surface area (Å²) >= 11 is 19.8. The number of benzene rings is 4. The molecule has 18 heteroatoms. The van der Waals surface area contributed by atoms with Gasteiger partial charge in [-0.2, -0.15) is 0 Å². The first-order chi connectivity index (χ1) is 17.6. The molecular weight excluding hydrogens is 748 g/mol. The minimum Gasteiger partial charge on any atom is -0.768 e. The molecule has 4 aromatic rings. The predicted octanol–water partition coefficient (Wildman–Crippen LogP) is 1.09. The molecule has 0 amide bonds. The molecule has 7 nitrogen and oxygen atoms in total. The molecule has 2 atom stereocenters. The van der Waals surface area contributed by atoms with E-state index >= 15 is 0 Å². The van der Waals surface area contributed by atoms with E-state index in [0.717, 1.165) is 9.79 Å². The SMILES string of the molecule is O.O.O.O=S([O-])c1cc(Cl)ccc1-c1ccc(Cl)c(SSSc2cc(-c3ccc(Cl)cc3S(=O)[O-])ccc2Cl)c1.[Na+].[Na+]. The second-order valence-corrected chi connectivity index (χ2v) is 14.8. The summed E-state index contributed by atoms with van der Waals surface area (Å²) < 4.78 is 46.9. The first kappa shape index (κ1) is 45.3. The molecule has 0 aliphatic rings. The van der Waals surface area contributed by atoms with Crippen LogP contribution in [0.3, 0.4) is 0 Å². The van der Waals surface area contributed by atoms with Crippen LogP contribution in [0.5, 0.6) is 0 Å². The van der Waals surface area contributed by atoms with Crippen LogP contribution in [0.25, 0.3) is 22.3 Å². The van der Waals surface area contributed by atoms with Crippen LogP contribution in [0, 0.1) is 0 Å². The Bertz CT molecular complexity index is 1440. The van der Waals surface area contributed by atoms with E-state index in [1.807, 2.05) is 12.1 Å². The minimum atomic E-state index is -2.46. The van der Waals surface area contributed by atoms with Crippen molar-refractivity contribution in [1.29, 1.82) is 0 Å². The Labute approximate surface area is 323 Å². The van der Waals surface area contributed by atoms with E-state index in [0.29, 0.717) is 42.3 Å². The van der Waals surface area contributed by atoms with Crippen molar-refractivity contribution < 1.29 is 93.1 Å². The summed E-state index contributed by atoms with van der Waals surface area (Å²) in [5, 5.41) is 1.66. The fourth-order valence-electron chi connectivity index (χ4n) is 3.30. The van der Waals surface area contributed by atoms with Crippen LogP contribution >= 0.6 is 77.8 Å². The molecule has 4 aromatic carbocycles. The number of rotatable bonds is 8. The monoisotopic (exact) mass is 764 g/mol. The van der Waals surface area contributed by atoms with Crippen LogP contribution in [0.15, 0.2) is 92.4 Å². The molecule has 0 radical (unpaired) electrons. The third kappa shape index (κ3) is 11.8. The third-order valence-corrected chi connectivity index (χ3v) is 11.6. The normalized spacial score (nSPS) is 11.4. The van der Waals surface area contributed by atoms with Gasteiger partial charge in [0.15, 0.2) is 0 Å². The molecule has 0 saturated carbocycles. The van der Waals surface area contributed by atoms with Crippen LogP contribution in [0.1, 0.15) is 0 Å². The van der Waals surface area contributed by atoms with Gasteiger partial charge in [-0.3, -0.25) is 8.42 Å². The van der Waals surface area contributed by atoms with E-state index in [9.17, 15) is 17.5 Å². The molecule has 42 heavy (non-hydrogen) atoms. The summed E-state index contributed by atoms with van der Waals surface area (Å²) in [7, 11) is 4.16. The first-order valence-electron chi connectivity index (χ1n) is 10.0. The third-order valence-electron chi connectivity index (χ3n) is 4.98. The molecule has 0 saturated heterocycles. The van der Waals surface area contributed by atoms with Crippen LogP contribution in [0.4, 0.5) is 0 Å². The van der Waals surface area contributed by atoms with Gasteiger partial charge in [-0.1, -0.05) is 70.7 Å². The molecule has 0 heterocycles. The average Bonchev–Trinajstić information content (AvgIpc) is 2.86. The van der Waals surface area contributed by atoms with Crippen LogP contribution < -0.4 is 59.1 Å². The zero-order chi connectivity index (χ0) is 26.7. The molecule has 0 aromatic heterocycles. The largest absolute Gasteiger partial charge is 1.00 e. The summed E-state index contributed by atoms with van der Waals surface area (Å²) in [6.45, 7) is 0. The van der Waals surface area contributed by atoms with E-state index in [4.69, 9.17) is 46.4 Å². The van der Waals surface area contributed by atoms with Crippen molar-refractivity contribution in [2.75, 3.05) is 0 Å². The molecule has 6 N–H and O–H groups in total. The molecule has 2 unspecified atom stereocenters. The van der Waals surface area contributed by atoms with E-state index in [-0.39, 0.29) is 85.3 Å². The molecule has 4 rings (SSSR count). The molecule has 0 fully saturated rings. The van der Waals surface area contributed by atoms with E-state index in [2.05, 4.69) is 0 Å². The predicted molar refractivity (Wildman–Crippen MR) is 168 cm³/mol. The van der Waals surface area contributed by atoms with Gasteiger partial charge in [-0.05, 0) is 124 Å². The maximum Gasteiger partial charge on any atom is 1.00 e. The van der Waals surface area contributed by atoms with Gasteiger partial charge in [0.1, 0.15) is 0 Å². The topological polar surface area (TPSA) is 175 Å². The molecular formula is C24H18Cl4Na2O7S5. The van der Waals surface area contributed by atoms with E-state index in [1.54, 1.807) is 48.5 Å². The minimum absolute atomic E-state index is 0. The zero-order valence-electron chi connectivity index (χ0n) is 21.6. The Morgan fingerprint density at radius 1 is 0.548 bits per heavy atom. The summed E-state index contributed by atoms with van der Waals surface area (Å²) in [4.78, 5) is 1.64. The van der Waals surface area contributed by atoms with Crippen molar-refractivity contribution >= 4 is 100.0 Å². The van der Waals surface area contributed by atoms with Crippen molar-refractivity contribution in [1.82, 2.24) is 0 Å². The van der Waals surface area contributed by atoms with Gasteiger partial charge >= 0.3 is 59.1 Å². The quantitative estimate of drug-likeness (QED) is 0.147. The Morgan fingerprint density at radius 2 is 0.905 bits per heavy atom. The van der Waals surface area contributed by atoms with Gasteiger partial charge < -0.3 is 25.5 Å². The Morgan fingerprint density at radius 3 is 1.24 bits per heavy atom. The fraction of sp³-hybridized carbons (Fsp3) is 0. The smallest absolute Gasteiger partial charge is 0.768 e. The number of hydrogen-bond donors (Lipinski definition) is 0. The standard InChI is InChI=1S/C24H14Cl4O4S5.2Na.3H2O/c25-15-3-5-17(23(11-15)36(29)30)13-1-7-19(27)21(9-13)33-35-34-22-10-14(2-8-20(22)28)18-6-4-16(26)12-24(18)37(31)32;;;;;/h1-12H,(H,29,30)(H,31,32);;;3*1H2/q;2*+1;;;/p-2. The van der Waals surface area contributed by atoms with Gasteiger partial charge in [0.2, 0.25) is 0 Å². The van der Waals surface area contributed by atoms with Crippen molar-refractivity contribution in [3.05, 3.63) is 92.9 Å². The Balaban J connectivity index is 0. The second-order valence-electron chi connectivity index (χ2n) is 7.28. The summed E-state index contributed by atoms with van der Waals surface area (Å²) in [5.41, 5.74) is 2.38. The average molecular weight is 767 g/mol. The van der Waals surface area contributed by atoms with Crippen LogP contribution in [-0.4, -0.2) is 34.0 Å². The van der Waals surface area contributed by atoms with Crippen LogP contribution in [0.2, 0.25) is 20.1 Å². The van der Waals surface area contributed by atoms with Crippen molar-refractivity contribution in [2.24, 2.45) is 0 Å². The maximum absolute atomic E-state index is 11.7. The van der Waals surface area contributed by atoms with Gasteiger partial charge in [0.05, 0.1) is 10.0 Å². The second kappa shape index (κ2) is 21.1. The summed E-state index contributed by atoms with van der Waals surface area (Å²) in [6, 6.07) is 19.9. The van der Waals surface area contributed by atoms with Gasteiger partial charge in [0, 0.05) is 29.6 Å². The van der Waals surface area contributed by atoms with Crippen molar-refractivity contribution in [3.63, 3.8) is 0 Å². The van der Waals surface area contributed by atoms with Gasteiger partial charge in [0.25, 0.3) is 0 Å². The van der Waals surface area contributed by atoms with E-state index < -0.39 is 22.2 Å². The van der Waals surface area contributed by atoms with Gasteiger partial charge in [-0.15, -0.1) is 0 Å². The van der Waals surface area contributed by atoms with Gasteiger partial charge in [-0.25, -0.2) is 0 Å². The van der Waals surface area contributed by atoms with Crippen LogP contribution in [-0.2, 0) is 22.2 Å². The molecule has 0 spiro atoms. The summed E-state index contributed by atoms with van der Waals surface area (Å²) in [5.74, 6) is 0. The van der Waals surface area contributed by atoms with Crippen molar-refractivity contribution in [3.8, 4) is 22.3 Å². The maximum atomic E-state index is 11.7. The fourth-order valence-corrected chi connectivity index (χ4v) is 9.52. The Hall–Kier alpha value is 1.19. The molecule has 0 aliphatic carbocycles. The molecule has 216 valence electrons. The summed E-state index contributed by atoms with van der Waals surface area (Å²) in [6.07, 6.45) is 0. The molecule has 0 bridgehead atoms. The van der Waals surface area contributed by atoms with Crippen molar-refractivity contribution in [2.45, 2.75) is 19.6 Å². The zero-order valence-corrected chi connectivity index (χ0v) is 32.7. The Kier molecular flexibility index (Phi) is 22.8. The number of halogens is 4. The number of hydrogen-bond acceptors (Lipinski definition) is 7.